The molecule has 1 saturated heterocycles. The van der Waals surface area contributed by atoms with Gasteiger partial charge in [0, 0.05) is 18.3 Å². The van der Waals surface area contributed by atoms with Gasteiger partial charge in [-0.05, 0) is 17.7 Å². The van der Waals surface area contributed by atoms with Crippen LogP contribution in [0.25, 0.3) is 0 Å². The number of benzene rings is 1. The summed E-state index contributed by atoms with van der Waals surface area (Å²) in [5.41, 5.74) is -0.0315. The Balaban J connectivity index is 2.37. The Morgan fingerprint density at radius 3 is 2.39 bits per heavy atom. The topological polar surface area (TPSA) is 55.4 Å². The van der Waals surface area contributed by atoms with Crippen molar-refractivity contribution < 1.29 is 18.7 Å². The first-order valence-electron chi connectivity index (χ1n) is 5.61. The maximum atomic E-state index is 13.7. The molecule has 0 unspecified atom stereocenters. The predicted molar refractivity (Wildman–Crippen MR) is 62.7 cm³/mol. The minimum atomic E-state index is -0.660. The van der Waals surface area contributed by atoms with Crippen molar-refractivity contribution in [3.63, 3.8) is 0 Å². The number of ether oxygens (including phenoxy) is 1. The lowest BCUT2D eigenvalue weighted by Gasteiger charge is -2.32. The van der Waals surface area contributed by atoms with Gasteiger partial charge in [0.25, 0.3) is 0 Å². The van der Waals surface area contributed by atoms with Crippen LogP contribution < -0.4 is 10.1 Å². The van der Waals surface area contributed by atoms with Gasteiger partial charge in [-0.3, -0.25) is 14.9 Å². The molecule has 0 saturated carbocycles. The molecule has 2 amide bonds. The molecule has 96 valence electrons. The summed E-state index contributed by atoms with van der Waals surface area (Å²) >= 11 is 0. The molecule has 0 aliphatic carbocycles. The van der Waals surface area contributed by atoms with E-state index in [-0.39, 0.29) is 30.4 Å². The molecular formula is C13H14FNO3. The molecule has 1 aromatic rings. The van der Waals surface area contributed by atoms with Crippen LogP contribution in [-0.2, 0) is 15.0 Å². The van der Waals surface area contributed by atoms with Crippen LogP contribution in [-0.4, -0.2) is 18.9 Å². The van der Waals surface area contributed by atoms with Gasteiger partial charge in [0.2, 0.25) is 11.8 Å². The van der Waals surface area contributed by atoms with E-state index in [1.165, 1.54) is 19.2 Å². The van der Waals surface area contributed by atoms with Crippen LogP contribution in [0.3, 0.4) is 0 Å². The Kier molecular flexibility index (Phi) is 3.07. The first kappa shape index (κ1) is 12.5. The number of imide groups is 1. The van der Waals surface area contributed by atoms with Gasteiger partial charge in [-0.2, -0.15) is 0 Å². The molecule has 1 heterocycles. The van der Waals surface area contributed by atoms with E-state index in [1.54, 1.807) is 13.0 Å². The second-order valence-electron chi connectivity index (χ2n) is 4.73. The molecule has 0 spiro atoms. The summed E-state index contributed by atoms with van der Waals surface area (Å²) in [6.07, 6.45) is 0.342. The average Bonchev–Trinajstić information content (AvgIpc) is 2.27. The number of hydrogen-bond acceptors (Lipinski definition) is 3. The largest absolute Gasteiger partial charge is 0.494 e. The van der Waals surface area contributed by atoms with E-state index >= 15 is 0 Å². The minimum absolute atomic E-state index is 0.147. The molecule has 1 fully saturated rings. The van der Waals surface area contributed by atoms with Crippen molar-refractivity contribution >= 4 is 11.8 Å². The van der Waals surface area contributed by atoms with Crippen LogP contribution in [0.2, 0.25) is 0 Å². The molecule has 1 N–H and O–H groups in total. The lowest BCUT2D eigenvalue weighted by atomic mass is 9.74. The summed E-state index contributed by atoms with van der Waals surface area (Å²) in [5.74, 6) is -1.00. The van der Waals surface area contributed by atoms with Gasteiger partial charge in [-0.25, -0.2) is 4.39 Å². The minimum Gasteiger partial charge on any atom is -0.494 e. The molecule has 1 aliphatic rings. The standard InChI is InChI=1S/C13H14FNO3/c1-13(6-11(16)15-12(17)7-13)8-3-4-10(18-2)9(14)5-8/h3-5H,6-7H2,1-2H3,(H,15,16,17). The van der Waals surface area contributed by atoms with E-state index in [0.717, 1.165) is 0 Å². The Hall–Kier alpha value is -1.91. The molecule has 0 radical (unpaired) electrons. The molecular weight excluding hydrogens is 237 g/mol. The summed E-state index contributed by atoms with van der Waals surface area (Å²) in [4.78, 5) is 22.8. The first-order valence-corrected chi connectivity index (χ1v) is 5.61. The molecule has 4 nitrogen and oxygen atoms in total. The Bertz CT molecular complexity index is 497. The molecule has 0 aromatic heterocycles. The summed E-state index contributed by atoms with van der Waals surface area (Å²) in [7, 11) is 1.39. The second-order valence-corrected chi connectivity index (χ2v) is 4.73. The van der Waals surface area contributed by atoms with Gasteiger partial charge in [-0.15, -0.1) is 0 Å². The van der Waals surface area contributed by atoms with Crippen molar-refractivity contribution in [2.75, 3.05) is 7.11 Å². The van der Waals surface area contributed by atoms with E-state index in [0.29, 0.717) is 5.56 Å². The molecule has 2 rings (SSSR count). The molecule has 1 aromatic carbocycles. The number of halogens is 1. The SMILES string of the molecule is COc1ccc(C2(C)CC(=O)NC(=O)C2)cc1F. The van der Waals surface area contributed by atoms with Gasteiger partial charge in [0.15, 0.2) is 11.6 Å². The summed E-state index contributed by atoms with van der Waals surface area (Å²) < 4.78 is 18.5. The number of rotatable bonds is 2. The number of hydrogen-bond donors (Lipinski definition) is 1. The molecule has 0 atom stereocenters. The Morgan fingerprint density at radius 2 is 1.89 bits per heavy atom. The number of carbonyl (C=O) groups is 2. The van der Waals surface area contributed by atoms with E-state index in [4.69, 9.17) is 4.74 Å². The van der Waals surface area contributed by atoms with E-state index in [9.17, 15) is 14.0 Å². The van der Waals surface area contributed by atoms with Gasteiger partial charge in [0.05, 0.1) is 7.11 Å². The summed E-state index contributed by atoms with van der Waals surface area (Å²) in [6, 6.07) is 4.52. The summed E-state index contributed by atoms with van der Waals surface area (Å²) in [6.45, 7) is 1.78. The highest BCUT2D eigenvalue weighted by atomic mass is 19.1. The van der Waals surface area contributed by atoms with E-state index in [2.05, 4.69) is 5.32 Å². The Labute approximate surface area is 104 Å². The zero-order chi connectivity index (χ0) is 13.3. The lowest BCUT2D eigenvalue weighted by Crippen LogP contribution is -2.45. The van der Waals surface area contributed by atoms with Crippen molar-refractivity contribution in [1.29, 1.82) is 0 Å². The Morgan fingerprint density at radius 1 is 1.28 bits per heavy atom. The van der Waals surface area contributed by atoms with Crippen molar-refractivity contribution in [3.05, 3.63) is 29.6 Å². The quantitative estimate of drug-likeness (QED) is 0.811. The van der Waals surface area contributed by atoms with Crippen molar-refractivity contribution in [3.8, 4) is 5.75 Å². The lowest BCUT2D eigenvalue weighted by molar-refractivity contribution is -0.135. The van der Waals surface area contributed by atoms with Gasteiger partial charge >= 0.3 is 0 Å². The molecule has 1 aliphatic heterocycles. The van der Waals surface area contributed by atoms with Gasteiger partial charge < -0.3 is 4.74 Å². The molecule has 0 bridgehead atoms. The summed E-state index contributed by atoms with van der Waals surface area (Å²) in [5, 5.41) is 2.25. The van der Waals surface area contributed by atoms with Crippen LogP contribution in [0.1, 0.15) is 25.3 Å². The van der Waals surface area contributed by atoms with Crippen LogP contribution in [0.4, 0.5) is 4.39 Å². The molecule has 5 heteroatoms. The van der Waals surface area contributed by atoms with Gasteiger partial charge in [-0.1, -0.05) is 13.0 Å². The first-order chi connectivity index (χ1) is 8.44. The number of nitrogens with one attached hydrogen (secondary N) is 1. The fraction of sp³-hybridized carbons (Fsp3) is 0.385. The fourth-order valence-electron chi connectivity index (χ4n) is 2.26. The highest BCUT2D eigenvalue weighted by molar-refractivity contribution is 5.99. The highest BCUT2D eigenvalue weighted by Gasteiger charge is 2.37. The fourth-order valence-corrected chi connectivity index (χ4v) is 2.26. The van der Waals surface area contributed by atoms with E-state index in [1.807, 2.05) is 0 Å². The third-order valence-electron chi connectivity index (χ3n) is 3.23. The zero-order valence-electron chi connectivity index (χ0n) is 10.2. The normalized spacial score (nSPS) is 18.4. The predicted octanol–water partition coefficient (Wildman–Crippen LogP) is 1.53. The smallest absolute Gasteiger partial charge is 0.227 e. The number of amides is 2. The average molecular weight is 251 g/mol. The van der Waals surface area contributed by atoms with Crippen molar-refractivity contribution in [1.82, 2.24) is 5.32 Å². The van der Waals surface area contributed by atoms with Crippen molar-refractivity contribution in [2.45, 2.75) is 25.2 Å². The third-order valence-corrected chi connectivity index (χ3v) is 3.23. The number of piperidine rings is 1. The maximum Gasteiger partial charge on any atom is 0.227 e. The van der Waals surface area contributed by atoms with Crippen molar-refractivity contribution in [2.24, 2.45) is 0 Å². The molecule has 18 heavy (non-hydrogen) atoms. The number of methoxy groups -OCH3 is 1. The zero-order valence-corrected chi connectivity index (χ0v) is 10.2. The van der Waals surface area contributed by atoms with E-state index < -0.39 is 11.2 Å². The highest BCUT2D eigenvalue weighted by Crippen LogP contribution is 2.35. The van der Waals surface area contributed by atoms with Crippen LogP contribution in [0, 0.1) is 5.82 Å². The van der Waals surface area contributed by atoms with Crippen LogP contribution >= 0.6 is 0 Å². The monoisotopic (exact) mass is 251 g/mol. The van der Waals surface area contributed by atoms with Crippen LogP contribution in [0.5, 0.6) is 5.75 Å². The second kappa shape index (κ2) is 4.40. The van der Waals surface area contributed by atoms with Gasteiger partial charge in [0.1, 0.15) is 0 Å². The van der Waals surface area contributed by atoms with Crippen LogP contribution in [0.15, 0.2) is 18.2 Å². The third kappa shape index (κ3) is 2.20. The number of carbonyl (C=O) groups excluding carboxylic acids is 2. The maximum absolute atomic E-state index is 13.7.